The first-order valence-electron chi connectivity index (χ1n) is 17.1. The first kappa shape index (κ1) is 29.4. The van der Waals surface area contributed by atoms with Gasteiger partial charge in [-0.2, -0.15) is 0 Å². The summed E-state index contributed by atoms with van der Waals surface area (Å²) in [5.41, 5.74) is 10.4. The molecule has 0 amide bonds. The van der Waals surface area contributed by atoms with E-state index in [1.165, 1.54) is 42.1 Å². The van der Waals surface area contributed by atoms with E-state index in [0.29, 0.717) is 5.89 Å². The monoisotopic (exact) mass is 670 g/mol. The van der Waals surface area contributed by atoms with Gasteiger partial charge in [-0.05, 0) is 88.1 Å². The molecule has 10 rings (SSSR count). The number of hydrogen-bond donors (Lipinski definition) is 0. The lowest BCUT2D eigenvalue weighted by molar-refractivity contribution is 0.620. The van der Waals surface area contributed by atoms with E-state index in [1.807, 2.05) is 53.8 Å². The maximum Gasteiger partial charge on any atom is 0.227 e. The van der Waals surface area contributed by atoms with E-state index in [1.54, 1.807) is 0 Å². The number of para-hydroxylation sites is 1. The number of aromatic nitrogens is 1. The third-order valence-electron chi connectivity index (χ3n) is 9.70. The molecule has 0 spiro atoms. The molecule has 0 bridgehead atoms. The fourth-order valence-corrected chi connectivity index (χ4v) is 8.41. The average Bonchev–Trinajstić information content (AvgIpc) is 3.80. The number of oxazole rings is 1. The average molecular weight is 671 g/mol. The predicted octanol–water partition coefficient (Wildman–Crippen LogP) is 13.8. The van der Waals surface area contributed by atoms with Gasteiger partial charge in [0.25, 0.3) is 0 Å². The summed E-state index contributed by atoms with van der Waals surface area (Å²) < 4.78 is 8.78. The molecule has 0 radical (unpaired) electrons. The van der Waals surface area contributed by atoms with Crippen LogP contribution < -0.4 is 4.90 Å². The smallest absolute Gasteiger partial charge is 0.227 e. The molecule has 0 saturated heterocycles. The van der Waals surface area contributed by atoms with Crippen molar-refractivity contribution in [3.63, 3.8) is 0 Å². The number of rotatable bonds is 6. The highest BCUT2D eigenvalue weighted by molar-refractivity contribution is 7.25. The molecule has 0 aliphatic heterocycles. The van der Waals surface area contributed by atoms with E-state index in [2.05, 4.69) is 144 Å². The Hall–Kier alpha value is -6.49. The van der Waals surface area contributed by atoms with Crippen molar-refractivity contribution < 1.29 is 4.42 Å². The molecule has 0 fully saturated rings. The summed E-state index contributed by atoms with van der Waals surface area (Å²) in [5.74, 6) is 0.628. The fraction of sp³-hybridized carbons (Fsp3) is 0. The molecule has 3 nitrogen and oxygen atoms in total. The highest BCUT2D eigenvalue weighted by Gasteiger charge is 2.18. The van der Waals surface area contributed by atoms with Gasteiger partial charge in [-0.1, -0.05) is 121 Å². The molecule has 0 aliphatic carbocycles. The van der Waals surface area contributed by atoms with Crippen molar-refractivity contribution >= 4 is 70.4 Å². The zero-order chi connectivity index (χ0) is 33.7. The summed E-state index contributed by atoms with van der Waals surface area (Å²) in [4.78, 5) is 7.31. The summed E-state index contributed by atoms with van der Waals surface area (Å²) in [5, 5.41) is 5.07. The zero-order valence-electron chi connectivity index (χ0n) is 27.5. The van der Waals surface area contributed by atoms with Crippen molar-refractivity contribution in [1.82, 2.24) is 4.98 Å². The minimum absolute atomic E-state index is 0.628. The number of thiophene rings is 1. The molecule has 51 heavy (non-hydrogen) atoms. The van der Waals surface area contributed by atoms with E-state index >= 15 is 0 Å². The number of anilines is 3. The van der Waals surface area contributed by atoms with Crippen LogP contribution in [0.5, 0.6) is 0 Å². The molecule has 2 aromatic heterocycles. The van der Waals surface area contributed by atoms with Gasteiger partial charge in [0.05, 0.1) is 0 Å². The summed E-state index contributed by atoms with van der Waals surface area (Å²) in [6.07, 6.45) is 0. The molecule has 10 aromatic rings. The number of nitrogens with zero attached hydrogens (tertiary/aromatic N) is 2. The van der Waals surface area contributed by atoms with Crippen molar-refractivity contribution in [2.45, 2.75) is 0 Å². The largest absolute Gasteiger partial charge is 0.436 e. The van der Waals surface area contributed by atoms with Crippen LogP contribution >= 0.6 is 11.3 Å². The molecule has 0 atom stereocenters. The van der Waals surface area contributed by atoms with Gasteiger partial charge in [-0.15, -0.1) is 11.3 Å². The van der Waals surface area contributed by atoms with Crippen molar-refractivity contribution in [1.29, 1.82) is 0 Å². The van der Waals surface area contributed by atoms with E-state index in [-0.39, 0.29) is 0 Å². The lowest BCUT2D eigenvalue weighted by Gasteiger charge is -2.26. The number of fused-ring (bicyclic) bond motifs is 5. The Morgan fingerprint density at radius 3 is 2.00 bits per heavy atom. The second-order valence-corrected chi connectivity index (χ2v) is 13.9. The number of benzene rings is 8. The Balaban J connectivity index is 1.10. The topological polar surface area (TPSA) is 29.3 Å². The van der Waals surface area contributed by atoms with Gasteiger partial charge in [0.2, 0.25) is 5.89 Å². The molecular formula is C47H30N2OS. The molecule has 2 heterocycles. The van der Waals surface area contributed by atoms with Gasteiger partial charge in [0, 0.05) is 48.4 Å². The quantitative estimate of drug-likeness (QED) is 0.176. The van der Waals surface area contributed by atoms with Crippen LogP contribution in [0.15, 0.2) is 186 Å². The Kier molecular flexibility index (Phi) is 7.00. The van der Waals surface area contributed by atoms with E-state index in [0.717, 1.165) is 44.9 Å². The lowest BCUT2D eigenvalue weighted by atomic mass is 9.97. The maximum atomic E-state index is 6.21. The summed E-state index contributed by atoms with van der Waals surface area (Å²) in [6.45, 7) is 0. The Morgan fingerprint density at radius 2 is 1.10 bits per heavy atom. The van der Waals surface area contributed by atoms with Gasteiger partial charge in [0.15, 0.2) is 5.58 Å². The van der Waals surface area contributed by atoms with Gasteiger partial charge in [0.1, 0.15) is 5.52 Å². The van der Waals surface area contributed by atoms with Crippen LogP contribution in [0.2, 0.25) is 0 Å². The van der Waals surface area contributed by atoms with Gasteiger partial charge < -0.3 is 9.32 Å². The van der Waals surface area contributed by atoms with Gasteiger partial charge >= 0.3 is 0 Å². The highest BCUT2D eigenvalue weighted by Crippen LogP contribution is 2.42. The van der Waals surface area contributed by atoms with E-state index in [4.69, 9.17) is 9.40 Å². The standard InChI is InChI=1S/C47H30N2OS/c1-2-12-33(13-3-1)47-48-46-40(20-10-21-43(46)50-47)32-23-25-35(26-24-32)49(37-27-28-42-41-18-6-7-22-44(41)51-45(42)30-37)36-16-8-15-34(29-36)39-19-9-14-31-11-4-5-17-38(31)39/h1-30H. The van der Waals surface area contributed by atoms with Crippen molar-refractivity contribution in [3.8, 4) is 33.7 Å². The molecule has 8 aromatic carbocycles. The van der Waals surface area contributed by atoms with Crippen molar-refractivity contribution in [2.24, 2.45) is 0 Å². The molecule has 0 N–H and O–H groups in total. The van der Waals surface area contributed by atoms with E-state index in [9.17, 15) is 0 Å². The number of hydrogen-bond acceptors (Lipinski definition) is 4. The van der Waals surface area contributed by atoms with E-state index < -0.39 is 0 Å². The summed E-state index contributed by atoms with van der Waals surface area (Å²) >= 11 is 1.84. The van der Waals surface area contributed by atoms with Crippen LogP contribution in [0.3, 0.4) is 0 Å². The van der Waals surface area contributed by atoms with Crippen molar-refractivity contribution in [2.75, 3.05) is 4.90 Å². The van der Waals surface area contributed by atoms with Crippen LogP contribution in [0.25, 0.3) is 75.8 Å². The first-order chi connectivity index (χ1) is 25.3. The SMILES string of the molecule is c1ccc(-c2nc3c(-c4ccc(N(c5cccc(-c6cccc7ccccc67)c5)c5ccc6c(c5)sc5ccccc56)cc4)cccc3o2)cc1. The minimum atomic E-state index is 0.628. The highest BCUT2D eigenvalue weighted by atomic mass is 32.1. The van der Waals surface area contributed by atoms with Gasteiger partial charge in [-0.3, -0.25) is 0 Å². The van der Waals surface area contributed by atoms with Crippen LogP contribution in [0, 0.1) is 0 Å². The Labute approximate surface area is 299 Å². The normalized spacial score (nSPS) is 11.5. The molecule has 0 unspecified atom stereocenters. The molecule has 0 saturated carbocycles. The minimum Gasteiger partial charge on any atom is -0.436 e. The molecule has 4 heteroatoms. The molecular weight excluding hydrogens is 641 g/mol. The lowest BCUT2D eigenvalue weighted by Crippen LogP contribution is -2.10. The second kappa shape index (κ2) is 12.1. The zero-order valence-corrected chi connectivity index (χ0v) is 28.3. The van der Waals surface area contributed by atoms with Gasteiger partial charge in [-0.25, -0.2) is 4.98 Å². The van der Waals surface area contributed by atoms with Crippen molar-refractivity contribution in [3.05, 3.63) is 182 Å². The first-order valence-corrected chi connectivity index (χ1v) is 17.9. The fourth-order valence-electron chi connectivity index (χ4n) is 7.27. The van der Waals surface area contributed by atoms with Crippen LogP contribution in [0.4, 0.5) is 17.1 Å². The predicted molar refractivity (Wildman–Crippen MR) is 215 cm³/mol. The molecule has 240 valence electrons. The second-order valence-electron chi connectivity index (χ2n) is 12.8. The van der Waals surface area contributed by atoms with Crippen LogP contribution in [-0.2, 0) is 0 Å². The summed E-state index contributed by atoms with van der Waals surface area (Å²) in [6, 6.07) is 64.6. The van der Waals surface area contributed by atoms with Crippen LogP contribution in [-0.4, -0.2) is 4.98 Å². The third-order valence-corrected chi connectivity index (χ3v) is 10.8. The Morgan fingerprint density at radius 1 is 0.431 bits per heavy atom. The maximum absolute atomic E-state index is 6.21. The summed E-state index contributed by atoms with van der Waals surface area (Å²) in [7, 11) is 0. The molecule has 0 aliphatic rings. The Bertz CT molecular complexity index is 2860. The van der Waals surface area contributed by atoms with Crippen LogP contribution in [0.1, 0.15) is 0 Å². The third kappa shape index (κ3) is 5.16.